The first-order chi connectivity index (χ1) is 12.4. The van der Waals surface area contributed by atoms with Gasteiger partial charge in [-0.05, 0) is 48.4 Å². The van der Waals surface area contributed by atoms with E-state index in [-0.39, 0.29) is 19.1 Å². The maximum Gasteiger partial charge on any atom is 0.341 e. The Morgan fingerprint density at radius 2 is 1.77 bits per heavy atom. The van der Waals surface area contributed by atoms with Crippen LogP contribution < -0.4 is 14.8 Å². The van der Waals surface area contributed by atoms with Gasteiger partial charge in [-0.25, -0.2) is 8.42 Å². The molecular formula is C17H15F2NO5S. The number of halogens is 2. The van der Waals surface area contributed by atoms with Gasteiger partial charge in [-0.15, -0.1) is 0 Å². The summed E-state index contributed by atoms with van der Waals surface area (Å²) in [7, 11) is -4.64. The standard InChI is InChI=1S/C17H15F2NO5S/c18-17(19)26(22,23)13-5-3-12(4-6-13)20-16(21)8-2-11-1-7-14-15(9-11)25-10-24-14/h1,3-7,9,17H,2,8,10H2,(H,20,21). The second kappa shape index (κ2) is 7.28. The third-order valence-corrected chi connectivity index (χ3v) is 5.18. The van der Waals surface area contributed by atoms with Crippen LogP contribution in [-0.4, -0.2) is 26.9 Å². The molecule has 0 fully saturated rings. The Hall–Kier alpha value is -2.68. The van der Waals surface area contributed by atoms with E-state index in [0.717, 1.165) is 17.7 Å². The van der Waals surface area contributed by atoms with Crippen molar-refractivity contribution in [2.75, 3.05) is 12.1 Å². The SMILES string of the molecule is O=C(CCc1ccc2c(c1)OCO2)Nc1ccc(S(=O)(=O)C(F)F)cc1. The van der Waals surface area contributed by atoms with Crippen molar-refractivity contribution in [1.82, 2.24) is 0 Å². The smallest absolute Gasteiger partial charge is 0.341 e. The fraction of sp³-hybridized carbons (Fsp3) is 0.235. The molecule has 1 amide bonds. The molecule has 9 heteroatoms. The highest BCUT2D eigenvalue weighted by Gasteiger charge is 2.26. The molecule has 0 atom stereocenters. The Labute approximate surface area is 148 Å². The van der Waals surface area contributed by atoms with Gasteiger partial charge >= 0.3 is 5.76 Å². The molecule has 1 N–H and O–H groups in total. The lowest BCUT2D eigenvalue weighted by molar-refractivity contribution is -0.116. The van der Waals surface area contributed by atoms with E-state index in [1.54, 1.807) is 12.1 Å². The van der Waals surface area contributed by atoms with Crippen molar-refractivity contribution in [3.8, 4) is 11.5 Å². The zero-order valence-electron chi connectivity index (χ0n) is 13.4. The van der Waals surface area contributed by atoms with Gasteiger partial charge in [0.05, 0.1) is 4.90 Å². The first-order valence-corrected chi connectivity index (χ1v) is 9.21. The summed E-state index contributed by atoms with van der Waals surface area (Å²) in [5.41, 5.74) is 1.23. The fourth-order valence-electron chi connectivity index (χ4n) is 2.41. The number of nitrogens with one attached hydrogen (secondary N) is 1. The number of fused-ring (bicyclic) bond motifs is 1. The summed E-state index contributed by atoms with van der Waals surface area (Å²) < 4.78 is 58.1. The maximum absolute atomic E-state index is 12.5. The maximum atomic E-state index is 12.5. The van der Waals surface area contributed by atoms with E-state index in [1.807, 2.05) is 6.07 Å². The molecule has 1 heterocycles. The van der Waals surface area contributed by atoms with Crippen molar-refractivity contribution in [1.29, 1.82) is 0 Å². The van der Waals surface area contributed by atoms with Crippen molar-refractivity contribution < 1.29 is 31.5 Å². The van der Waals surface area contributed by atoms with Crippen LogP contribution in [0.1, 0.15) is 12.0 Å². The summed E-state index contributed by atoms with van der Waals surface area (Å²) in [6.45, 7) is 0.177. The molecule has 0 aliphatic carbocycles. The van der Waals surface area contributed by atoms with Crippen molar-refractivity contribution in [2.45, 2.75) is 23.5 Å². The Morgan fingerprint density at radius 3 is 2.46 bits per heavy atom. The number of carbonyl (C=O) groups excluding carboxylic acids is 1. The zero-order chi connectivity index (χ0) is 18.7. The summed E-state index contributed by atoms with van der Waals surface area (Å²) in [5.74, 6) is -2.47. The number of ether oxygens (including phenoxy) is 2. The number of anilines is 1. The Bertz CT molecular complexity index is 913. The monoisotopic (exact) mass is 383 g/mol. The van der Waals surface area contributed by atoms with Crippen molar-refractivity contribution in [2.24, 2.45) is 0 Å². The van der Waals surface area contributed by atoms with Crippen LogP contribution in [0.4, 0.5) is 14.5 Å². The van der Waals surface area contributed by atoms with Crippen LogP contribution in [0.25, 0.3) is 0 Å². The number of rotatable bonds is 6. The lowest BCUT2D eigenvalue weighted by Gasteiger charge is -2.07. The molecule has 0 saturated carbocycles. The molecule has 0 saturated heterocycles. The molecule has 26 heavy (non-hydrogen) atoms. The second-order valence-corrected chi connectivity index (χ2v) is 7.48. The van der Waals surface area contributed by atoms with Gasteiger partial charge in [-0.1, -0.05) is 6.07 Å². The minimum absolute atomic E-state index is 0.177. The third kappa shape index (κ3) is 3.93. The quantitative estimate of drug-likeness (QED) is 0.829. The van der Waals surface area contributed by atoms with Crippen LogP contribution in [0, 0.1) is 0 Å². The van der Waals surface area contributed by atoms with Crippen molar-refractivity contribution in [3.05, 3.63) is 48.0 Å². The van der Waals surface area contributed by atoms with Gasteiger partial charge < -0.3 is 14.8 Å². The Morgan fingerprint density at radius 1 is 1.08 bits per heavy atom. The molecule has 0 bridgehead atoms. The average Bonchev–Trinajstić information content (AvgIpc) is 3.08. The van der Waals surface area contributed by atoms with Crippen LogP contribution in [-0.2, 0) is 21.1 Å². The number of amides is 1. The zero-order valence-corrected chi connectivity index (χ0v) is 14.3. The fourth-order valence-corrected chi connectivity index (χ4v) is 3.13. The molecule has 1 aliphatic heterocycles. The van der Waals surface area contributed by atoms with Crippen LogP contribution >= 0.6 is 0 Å². The summed E-state index contributed by atoms with van der Waals surface area (Å²) >= 11 is 0. The predicted molar refractivity (Wildman–Crippen MR) is 89.1 cm³/mol. The van der Waals surface area contributed by atoms with Crippen LogP contribution in [0.3, 0.4) is 0 Å². The van der Waals surface area contributed by atoms with E-state index in [9.17, 15) is 22.0 Å². The second-order valence-electron chi connectivity index (χ2n) is 5.57. The van der Waals surface area contributed by atoms with Gasteiger partial charge in [-0.2, -0.15) is 8.78 Å². The lowest BCUT2D eigenvalue weighted by Crippen LogP contribution is -2.13. The molecule has 138 valence electrons. The highest BCUT2D eigenvalue weighted by molar-refractivity contribution is 7.91. The molecule has 2 aromatic rings. The van der Waals surface area contributed by atoms with E-state index < -0.39 is 20.5 Å². The van der Waals surface area contributed by atoms with Gasteiger partial charge in [0.15, 0.2) is 11.5 Å². The normalized spacial score (nSPS) is 13.0. The summed E-state index contributed by atoms with van der Waals surface area (Å²) in [6.07, 6.45) is 0.664. The predicted octanol–water partition coefficient (Wildman–Crippen LogP) is 2.98. The summed E-state index contributed by atoms with van der Waals surface area (Å²) in [6, 6.07) is 10.0. The molecule has 3 rings (SSSR count). The number of carbonyl (C=O) groups is 1. The topological polar surface area (TPSA) is 81.7 Å². The first kappa shape index (κ1) is 18.1. The lowest BCUT2D eigenvalue weighted by atomic mass is 10.1. The van der Waals surface area contributed by atoms with Gasteiger partial charge in [0.1, 0.15) is 0 Å². The molecule has 0 aromatic heterocycles. The minimum Gasteiger partial charge on any atom is -0.454 e. The van der Waals surface area contributed by atoms with Gasteiger partial charge in [0.25, 0.3) is 0 Å². The number of sulfone groups is 1. The van der Waals surface area contributed by atoms with Gasteiger partial charge in [-0.3, -0.25) is 4.79 Å². The number of hydrogen-bond acceptors (Lipinski definition) is 5. The molecule has 0 unspecified atom stereocenters. The minimum atomic E-state index is -4.64. The van der Waals surface area contributed by atoms with Crippen molar-refractivity contribution >= 4 is 21.4 Å². The molecule has 2 aromatic carbocycles. The van der Waals surface area contributed by atoms with Gasteiger partial charge in [0.2, 0.25) is 22.5 Å². The van der Waals surface area contributed by atoms with Gasteiger partial charge in [0, 0.05) is 12.1 Å². The third-order valence-electron chi connectivity index (χ3n) is 3.78. The highest BCUT2D eigenvalue weighted by Crippen LogP contribution is 2.32. The van der Waals surface area contributed by atoms with E-state index in [1.165, 1.54) is 12.1 Å². The largest absolute Gasteiger partial charge is 0.454 e. The molecule has 0 spiro atoms. The van der Waals surface area contributed by atoms with Crippen LogP contribution in [0.5, 0.6) is 11.5 Å². The van der Waals surface area contributed by atoms with E-state index in [2.05, 4.69) is 5.32 Å². The highest BCUT2D eigenvalue weighted by atomic mass is 32.2. The van der Waals surface area contributed by atoms with Crippen LogP contribution in [0.15, 0.2) is 47.4 Å². The molecule has 0 radical (unpaired) electrons. The number of alkyl halides is 2. The Kier molecular flexibility index (Phi) is 5.08. The first-order valence-electron chi connectivity index (χ1n) is 7.67. The van der Waals surface area contributed by atoms with Crippen LogP contribution in [0.2, 0.25) is 0 Å². The van der Waals surface area contributed by atoms with E-state index in [0.29, 0.717) is 23.6 Å². The molecule has 6 nitrogen and oxygen atoms in total. The van der Waals surface area contributed by atoms with Crippen molar-refractivity contribution in [3.63, 3.8) is 0 Å². The molecule has 1 aliphatic rings. The van der Waals surface area contributed by atoms with E-state index in [4.69, 9.17) is 9.47 Å². The summed E-state index contributed by atoms with van der Waals surface area (Å²) in [4.78, 5) is 11.5. The average molecular weight is 383 g/mol. The summed E-state index contributed by atoms with van der Waals surface area (Å²) in [5, 5.41) is 2.60. The number of aryl methyl sites for hydroxylation is 1. The number of benzene rings is 2. The Balaban J connectivity index is 1.57. The number of hydrogen-bond donors (Lipinski definition) is 1. The molecular weight excluding hydrogens is 368 g/mol. The van der Waals surface area contributed by atoms with E-state index >= 15 is 0 Å².